The average molecular weight is 291 g/mol. The summed E-state index contributed by atoms with van der Waals surface area (Å²) in [4.78, 5) is 13.5. The maximum absolute atomic E-state index is 4.33. The van der Waals surface area contributed by atoms with E-state index < -0.39 is 0 Å². The third-order valence-corrected chi connectivity index (χ3v) is 3.91. The van der Waals surface area contributed by atoms with Crippen molar-refractivity contribution in [2.75, 3.05) is 44.2 Å². The van der Waals surface area contributed by atoms with Crippen LogP contribution >= 0.6 is 0 Å². The molecule has 0 aliphatic carbocycles. The highest BCUT2D eigenvalue weighted by atomic mass is 15.3. The normalized spacial score (nSPS) is 16.6. The summed E-state index contributed by atoms with van der Waals surface area (Å²) in [5.41, 5.74) is 0. The molecule has 1 fully saturated rings. The molecule has 5 nitrogen and oxygen atoms in total. The summed E-state index contributed by atoms with van der Waals surface area (Å²) in [6.45, 7) is 11.1. The number of hydrogen-bond acceptors (Lipinski definition) is 5. The molecule has 0 unspecified atom stereocenters. The molecule has 1 N–H and O–H groups in total. The molecular formula is C16H29N5. The fraction of sp³-hybridized carbons (Fsp3) is 0.750. The van der Waals surface area contributed by atoms with Gasteiger partial charge in [-0.05, 0) is 32.0 Å². The van der Waals surface area contributed by atoms with Gasteiger partial charge in [-0.1, -0.05) is 20.3 Å². The van der Waals surface area contributed by atoms with Crippen molar-refractivity contribution in [1.29, 1.82) is 0 Å². The van der Waals surface area contributed by atoms with E-state index in [-0.39, 0.29) is 0 Å². The molecule has 0 atom stereocenters. The van der Waals surface area contributed by atoms with E-state index in [1.165, 1.54) is 25.8 Å². The van der Waals surface area contributed by atoms with Crippen molar-refractivity contribution in [1.82, 2.24) is 20.2 Å². The van der Waals surface area contributed by atoms with Crippen LogP contribution in [0.2, 0.25) is 0 Å². The first-order valence-electron chi connectivity index (χ1n) is 8.23. The summed E-state index contributed by atoms with van der Waals surface area (Å²) in [5.74, 6) is 0.872. The molecular weight excluding hydrogens is 262 g/mol. The van der Waals surface area contributed by atoms with Gasteiger partial charge in [0.15, 0.2) is 0 Å². The summed E-state index contributed by atoms with van der Waals surface area (Å²) >= 11 is 0. The van der Waals surface area contributed by atoms with Crippen molar-refractivity contribution >= 4 is 5.95 Å². The molecule has 118 valence electrons. The number of rotatable bonds is 8. The summed E-state index contributed by atoms with van der Waals surface area (Å²) in [6.07, 6.45) is 7.55. The number of nitrogens with one attached hydrogen (secondary N) is 1. The fourth-order valence-electron chi connectivity index (χ4n) is 2.65. The van der Waals surface area contributed by atoms with E-state index in [9.17, 15) is 0 Å². The first-order valence-corrected chi connectivity index (χ1v) is 8.23. The zero-order valence-corrected chi connectivity index (χ0v) is 13.5. The molecule has 5 heteroatoms. The van der Waals surface area contributed by atoms with Crippen LogP contribution in [-0.4, -0.2) is 60.2 Å². The Morgan fingerprint density at radius 1 is 1.05 bits per heavy atom. The molecule has 0 radical (unpaired) electrons. The van der Waals surface area contributed by atoms with Gasteiger partial charge < -0.3 is 10.2 Å². The van der Waals surface area contributed by atoms with Gasteiger partial charge in [-0.25, -0.2) is 9.97 Å². The summed E-state index contributed by atoms with van der Waals surface area (Å²) < 4.78 is 0. The second kappa shape index (κ2) is 8.95. The Hall–Kier alpha value is -1.20. The number of piperazine rings is 1. The number of nitrogens with zero attached hydrogens (tertiary/aromatic N) is 4. The Bertz CT molecular complexity index is 374. The molecule has 0 aromatic carbocycles. The van der Waals surface area contributed by atoms with Gasteiger partial charge in [-0.15, -0.1) is 0 Å². The molecule has 0 saturated carbocycles. The van der Waals surface area contributed by atoms with Crippen molar-refractivity contribution in [2.24, 2.45) is 0 Å². The number of unbranched alkanes of at least 4 members (excludes halogenated alkanes) is 2. The van der Waals surface area contributed by atoms with Crippen LogP contribution in [0, 0.1) is 0 Å². The summed E-state index contributed by atoms with van der Waals surface area (Å²) in [6, 6.07) is 2.48. The summed E-state index contributed by atoms with van der Waals surface area (Å²) in [7, 11) is 0. The maximum atomic E-state index is 4.33. The van der Waals surface area contributed by atoms with Gasteiger partial charge in [0.05, 0.1) is 0 Å². The van der Waals surface area contributed by atoms with Crippen LogP contribution in [0.25, 0.3) is 0 Å². The van der Waals surface area contributed by atoms with Crippen LogP contribution in [0.3, 0.4) is 0 Å². The minimum atomic E-state index is 0.610. The topological polar surface area (TPSA) is 44.3 Å². The lowest BCUT2D eigenvalue weighted by Crippen LogP contribution is -2.47. The Kier molecular flexibility index (Phi) is 6.89. The van der Waals surface area contributed by atoms with Gasteiger partial charge in [0.25, 0.3) is 0 Å². The predicted octanol–water partition coefficient (Wildman–Crippen LogP) is 1.77. The van der Waals surface area contributed by atoms with Crippen LogP contribution in [0.1, 0.15) is 33.1 Å². The second-order valence-corrected chi connectivity index (χ2v) is 6.05. The first-order chi connectivity index (χ1) is 10.3. The zero-order valence-electron chi connectivity index (χ0n) is 13.5. The van der Waals surface area contributed by atoms with E-state index in [2.05, 4.69) is 38.9 Å². The SMILES string of the molecule is CC(C)NCCCCCN1CCN(c2ncccn2)CC1. The van der Waals surface area contributed by atoms with Crippen molar-refractivity contribution < 1.29 is 0 Å². The third kappa shape index (κ3) is 5.98. The van der Waals surface area contributed by atoms with Gasteiger partial charge in [-0.3, -0.25) is 4.90 Å². The van der Waals surface area contributed by atoms with Crippen molar-refractivity contribution in [3.63, 3.8) is 0 Å². The van der Waals surface area contributed by atoms with Crippen molar-refractivity contribution in [2.45, 2.75) is 39.2 Å². The minimum absolute atomic E-state index is 0.610. The van der Waals surface area contributed by atoms with Crippen LogP contribution < -0.4 is 10.2 Å². The van der Waals surface area contributed by atoms with Gasteiger partial charge in [0, 0.05) is 44.6 Å². The molecule has 1 saturated heterocycles. The molecule has 0 spiro atoms. The molecule has 1 aromatic rings. The quantitative estimate of drug-likeness (QED) is 0.740. The van der Waals surface area contributed by atoms with Gasteiger partial charge in [0.2, 0.25) is 5.95 Å². The van der Waals surface area contributed by atoms with Gasteiger partial charge >= 0.3 is 0 Å². The van der Waals surface area contributed by atoms with Crippen LogP contribution in [-0.2, 0) is 0 Å². The number of hydrogen-bond donors (Lipinski definition) is 1. The maximum Gasteiger partial charge on any atom is 0.225 e. The predicted molar refractivity (Wildman–Crippen MR) is 87.7 cm³/mol. The smallest absolute Gasteiger partial charge is 0.225 e. The molecule has 2 rings (SSSR count). The van der Waals surface area contributed by atoms with Crippen LogP contribution in [0.5, 0.6) is 0 Å². The molecule has 0 bridgehead atoms. The molecule has 1 aliphatic heterocycles. The molecule has 1 aromatic heterocycles. The molecule has 2 heterocycles. The van der Waals surface area contributed by atoms with Crippen LogP contribution in [0.4, 0.5) is 5.95 Å². The monoisotopic (exact) mass is 291 g/mol. The largest absolute Gasteiger partial charge is 0.338 e. The third-order valence-electron chi connectivity index (χ3n) is 3.91. The standard InChI is InChI=1S/C16H29N5/c1-15(2)17-7-4-3-5-10-20-11-13-21(14-12-20)16-18-8-6-9-19-16/h6,8-9,15,17H,3-5,7,10-14H2,1-2H3. The Labute approximate surface area is 128 Å². The number of anilines is 1. The molecule has 0 amide bonds. The number of aromatic nitrogens is 2. The highest BCUT2D eigenvalue weighted by Crippen LogP contribution is 2.10. The van der Waals surface area contributed by atoms with Crippen molar-refractivity contribution in [3.05, 3.63) is 18.5 Å². The molecule has 21 heavy (non-hydrogen) atoms. The van der Waals surface area contributed by atoms with Crippen LogP contribution in [0.15, 0.2) is 18.5 Å². The van der Waals surface area contributed by atoms with Gasteiger partial charge in [0.1, 0.15) is 0 Å². The lowest BCUT2D eigenvalue weighted by atomic mass is 10.2. The minimum Gasteiger partial charge on any atom is -0.338 e. The molecule has 1 aliphatic rings. The van der Waals surface area contributed by atoms with Crippen molar-refractivity contribution in [3.8, 4) is 0 Å². The van der Waals surface area contributed by atoms with Gasteiger partial charge in [-0.2, -0.15) is 0 Å². The zero-order chi connectivity index (χ0) is 14.9. The Morgan fingerprint density at radius 2 is 1.76 bits per heavy atom. The lowest BCUT2D eigenvalue weighted by molar-refractivity contribution is 0.251. The fourth-order valence-corrected chi connectivity index (χ4v) is 2.65. The van der Waals surface area contributed by atoms with E-state index in [0.717, 1.165) is 38.7 Å². The Balaban J connectivity index is 1.55. The first kappa shape index (κ1) is 16.2. The van der Waals surface area contributed by atoms with E-state index in [1.807, 2.05) is 18.5 Å². The lowest BCUT2D eigenvalue weighted by Gasteiger charge is -2.34. The Morgan fingerprint density at radius 3 is 2.43 bits per heavy atom. The highest BCUT2D eigenvalue weighted by molar-refractivity contribution is 5.29. The average Bonchev–Trinajstić information content (AvgIpc) is 2.52. The van der Waals surface area contributed by atoms with E-state index in [4.69, 9.17) is 0 Å². The second-order valence-electron chi connectivity index (χ2n) is 6.05. The van der Waals surface area contributed by atoms with E-state index in [1.54, 1.807) is 0 Å². The van der Waals surface area contributed by atoms with E-state index >= 15 is 0 Å². The highest BCUT2D eigenvalue weighted by Gasteiger charge is 2.17. The summed E-state index contributed by atoms with van der Waals surface area (Å²) in [5, 5.41) is 3.47. The van der Waals surface area contributed by atoms with E-state index in [0.29, 0.717) is 6.04 Å².